The summed E-state index contributed by atoms with van der Waals surface area (Å²) in [5.74, 6) is 3.05. The molecule has 0 radical (unpaired) electrons. The van der Waals surface area contributed by atoms with Gasteiger partial charge in [-0.05, 0) is 61.8 Å². The summed E-state index contributed by atoms with van der Waals surface area (Å²) < 4.78 is 5.46. The average Bonchev–Trinajstić information content (AvgIpc) is 2.48. The summed E-state index contributed by atoms with van der Waals surface area (Å²) in [6.45, 7) is 1.18. The molecule has 1 saturated carbocycles. The normalized spacial score (nSPS) is 21.0. The average molecular weight is 308 g/mol. The van der Waals surface area contributed by atoms with Gasteiger partial charge in [-0.2, -0.15) is 11.8 Å². The molecule has 1 fully saturated rings. The van der Waals surface area contributed by atoms with E-state index in [1.807, 2.05) is 17.8 Å². The summed E-state index contributed by atoms with van der Waals surface area (Å²) >= 11 is 1.96. The van der Waals surface area contributed by atoms with Crippen LogP contribution in [0.5, 0.6) is 5.75 Å². The minimum Gasteiger partial charge on any atom is -0.496 e. The SMILES string of the molecule is COc1ccccc1C1CC(NCCCCCCSC)C1. The molecule has 0 spiro atoms. The maximum atomic E-state index is 5.46. The van der Waals surface area contributed by atoms with Crippen LogP contribution in [-0.2, 0) is 0 Å². The van der Waals surface area contributed by atoms with E-state index in [1.54, 1.807) is 7.11 Å². The van der Waals surface area contributed by atoms with Crippen LogP contribution in [-0.4, -0.2) is 31.7 Å². The van der Waals surface area contributed by atoms with E-state index in [2.05, 4.69) is 29.8 Å². The smallest absolute Gasteiger partial charge is 0.122 e. The van der Waals surface area contributed by atoms with Crippen molar-refractivity contribution in [1.29, 1.82) is 0 Å². The Morgan fingerprint density at radius 1 is 1.14 bits per heavy atom. The lowest BCUT2D eigenvalue weighted by Gasteiger charge is -2.37. The Labute approximate surface area is 134 Å². The molecule has 118 valence electrons. The summed E-state index contributed by atoms with van der Waals surface area (Å²) in [7, 11) is 1.77. The zero-order valence-electron chi connectivity index (χ0n) is 13.4. The predicted octanol–water partition coefficient (Wildman–Crippen LogP) is 4.45. The summed E-state index contributed by atoms with van der Waals surface area (Å²) in [5, 5.41) is 3.70. The van der Waals surface area contributed by atoms with E-state index in [4.69, 9.17) is 4.74 Å². The number of rotatable bonds is 10. The molecule has 0 aliphatic heterocycles. The fourth-order valence-corrected chi connectivity index (χ4v) is 3.57. The number of ether oxygens (including phenoxy) is 1. The number of methoxy groups -OCH3 is 1. The monoisotopic (exact) mass is 307 g/mol. The van der Waals surface area contributed by atoms with E-state index in [-0.39, 0.29) is 0 Å². The molecule has 3 heteroatoms. The number of nitrogens with one attached hydrogen (secondary N) is 1. The highest BCUT2D eigenvalue weighted by atomic mass is 32.2. The number of thioether (sulfide) groups is 1. The number of unbranched alkanes of at least 4 members (excludes halogenated alkanes) is 3. The van der Waals surface area contributed by atoms with Gasteiger partial charge in [0.1, 0.15) is 5.75 Å². The lowest BCUT2D eigenvalue weighted by atomic mass is 9.75. The third kappa shape index (κ3) is 5.23. The van der Waals surface area contributed by atoms with Crippen LogP contribution in [0.25, 0.3) is 0 Å². The highest BCUT2D eigenvalue weighted by Crippen LogP contribution is 2.40. The zero-order valence-corrected chi connectivity index (χ0v) is 14.3. The molecule has 0 unspecified atom stereocenters. The van der Waals surface area contributed by atoms with Gasteiger partial charge in [0, 0.05) is 6.04 Å². The first-order valence-corrected chi connectivity index (χ1v) is 9.59. The summed E-state index contributed by atoms with van der Waals surface area (Å²) in [6.07, 6.45) is 10.2. The largest absolute Gasteiger partial charge is 0.496 e. The summed E-state index contributed by atoms with van der Waals surface area (Å²) in [6, 6.07) is 9.17. The topological polar surface area (TPSA) is 21.3 Å². The Hall–Kier alpha value is -0.670. The van der Waals surface area contributed by atoms with Crippen LogP contribution in [0.15, 0.2) is 24.3 Å². The van der Waals surface area contributed by atoms with Gasteiger partial charge in [0.2, 0.25) is 0 Å². The van der Waals surface area contributed by atoms with Gasteiger partial charge in [-0.1, -0.05) is 31.0 Å². The van der Waals surface area contributed by atoms with E-state index >= 15 is 0 Å². The number of benzene rings is 1. The van der Waals surface area contributed by atoms with E-state index < -0.39 is 0 Å². The minimum atomic E-state index is 0.681. The van der Waals surface area contributed by atoms with E-state index in [0.29, 0.717) is 12.0 Å². The molecule has 0 heterocycles. The number of para-hydroxylation sites is 1. The fraction of sp³-hybridized carbons (Fsp3) is 0.667. The highest BCUT2D eigenvalue weighted by molar-refractivity contribution is 7.98. The Morgan fingerprint density at radius 3 is 2.67 bits per heavy atom. The van der Waals surface area contributed by atoms with Gasteiger partial charge in [-0.15, -0.1) is 0 Å². The number of hydrogen-bond donors (Lipinski definition) is 1. The van der Waals surface area contributed by atoms with Crippen molar-refractivity contribution in [3.05, 3.63) is 29.8 Å². The Balaban J connectivity index is 1.57. The molecule has 1 aliphatic carbocycles. The quantitative estimate of drug-likeness (QED) is 0.645. The maximum Gasteiger partial charge on any atom is 0.122 e. The van der Waals surface area contributed by atoms with Crippen LogP contribution in [0.3, 0.4) is 0 Å². The van der Waals surface area contributed by atoms with Gasteiger partial charge < -0.3 is 10.1 Å². The lowest BCUT2D eigenvalue weighted by Crippen LogP contribution is -2.40. The van der Waals surface area contributed by atoms with Crippen molar-refractivity contribution in [3.63, 3.8) is 0 Å². The first-order chi connectivity index (χ1) is 10.3. The van der Waals surface area contributed by atoms with Gasteiger partial charge in [-0.25, -0.2) is 0 Å². The second-order valence-electron chi connectivity index (χ2n) is 5.97. The molecule has 0 amide bonds. The molecular formula is C18H29NOS. The molecule has 1 aliphatic rings. The Morgan fingerprint density at radius 2 is 1.90 bits per heavy atom. The van der Waals surface area contributed by atoms with Gasteiger partial charge in [0.15, 0.2) is 0 Å². The number of hydrogen-bond acceptors (Lipinski definition) is 3. The standard InChI is InChI=1S/C18H29NOS/c1-20-18-10-6-5-9-17(18)15-13-16(14-15)19-11-7-3-4-8-12-21-2/h5-6,9-10,15-16,19H,3-4,7-8,11-14H2,1-2H3. The summed E-state index contributed by atoms with van der Waals surface area (Å²) in [4.78, 5) is 0. The second-order valence-corrected chi connectivity index (χ2v) is 6.95. The van der Waals surface area contributed by atoms with Gasteiger partial charge in [0.05, 0.1) is 7.11 Å². The van der Waals surface area contributed by atoms with E-state index in [1.165, 1.54) is 56.4 Å². The molecule has 0 atom stereocenters. The first-order valence-electron chi connectivity index (χ1n) is 8.20. The van der Waals surface area contributed by atoms with Crippen molar-refractivity contribution in [2.24, 2.45) is 0 Å². The van der Waals surface area contributed by atoms with Gasteiger partial charge in [0.25, 0.3) is 0 Å². The van der Waals surface area contributed by atoms with Crippen LogP contribution >= 0.6 is 11.8 Å². The van der Waals surface area contributed by atoms with Crippen molar-refractivity contribution >= 4 is 11.8 Å². The maximum absolute atomic E-state index is 5.46. The van der Waals surface area contributed by atoms with Crippen LogP contribution in [0.4, 0.5) is 0 Å². The third-order valence-corrected chi connectivity index (χ3v) is 5.12. The van der Waals surface area contributed by atoms with Crippen LogP contribution in [0.1, 0.15) is 50.0 Å². The Kier molecular flexibility index (Phi) is 7.45. The zero-order chi connectivity index (χ0) is 14.9. The first kappa shape index (κ1) is 16.7. The molecular weight excluding hydrogens is 278 g/mol. The molecule has 0 bridgehead atoms. The van der Waals surface area contributed by atoms with Crippen LogP contribution in [0.2, 0.25) is 0 Å². The second kappa shape index (κ2) is 9.37. The lowest BCUT2D eigenvalue weighted by molar-refractivity contribution is 0.282. The molecule has 1 aromatic rings. The molecule has 1 N–H and O–H groups in total. The minimum absolute atomic E-state index is 0.681. The molecule has 1 aromatic carbocycles. The molecule has 21 heavy (non-hydrogen) atoms. The van der Waals surface area contributed by atoms with Crippen LogP contribution < -0.4 is 10.1 Å². The molecule has 2 rings (SSSR count). The van der Waals surface area contributed by atoms with E-state index in [9.17, 15) is 0 Å². The van der Waals surface area contributed by atoms with Crippen molar-refractivity contribution in [3.8, 4) is 5.75 Å². The van der Waals surface area contributed by atoms with Crippen molar-refractivity contribution in [2.75, 3.05) is 25.7 Å². The van der Waals surface area contributed by atoms with Crippen molar-refractivity contribution in [2.45, 2.75) is 50.5 Å². The molecule has 0 saturated heterocycles. The van der Waals surface area contributed by atoms with Gasteiger partial charge in [-0.3, -0.25) is 0 Å². The van der Waals surface area contributed by atoms with Crippen molar-refractivity contribution < 1.29 is 4.74 Å². The molecule has 0 aromatic heterocycles. The highest BCUT2D eigenvalue weighted by Gasteiger charge is 2.31. The third-order valence-electron chi connectivity index (χ3n) is 4.43. The Bertz CT molecular complexity index is 404. The fourth-order valence-electron chi connectivity index (χ4n) is 3.07. The summed E-state index contributed by atoms with van der Waals surface area (Å²) in [5.41, 5.74) is 1.38. The van der Waals surface area contributed by atoms with Crippen LogP contribution in [0, 0.1) is 0 Å². The molecule has 2 nitrogen and oxygen atoms in total. The van der Waals surface area contributed by atoms with Gasteiger partial charge >= 0.3 is 0 Å². The van der Waals surface area contributed by atoms with Crippen molar-refractivity contribution in [1.82, 2.24) is 5.32 Å². The predicted molar refractivity (Wildman–Crippen MR) is 93.6 cm³/mol. The van der Waals surface area contributed by atoms with E-state index in [0.717, 1.165) is 5.75 Å².